The standard InChI is InChI=1S/C23H24N2O5/c1-24(2)10-11-25-20(14-6-5-7-15(12-14)28-3)19-21(26)17-9-8-16(29-4)13-18(17)30-22(19)23(25)27/h5-9,12-13,20H,10-11H2,1-4H3/p+1/t20-/m0/s1. The molecule has 1 amide bonds. The van der Waals surface area contributed by atoms with Crippen LogP contribution in [0.15, 0.2) is 51.7 Å². The highest BCUT2D eigenvalue weighted by Gasteiger charge is 2.43. The fourth-order valence-corrected chi connectivity index (χ4v) is 3.86. The van der Waals surface area contributed by atoms with Crippen molar-refractivity contribution in [3.05, 3.63) is 69.6 Å². The number of quaternary nitrogens is 1. The molecule has 156 valence electrons. The van der Waals surface area contributed by atoms with Crippen molar-refractivity contribution < 1.29 is 23.6 Å². The van der Waals surface area contributed by atoms with E-state index in [4.69, 9.17) is 13.9 Å². The largest absolute Gasteiger partial charge is 0.497 e. The molecule has 0 saturated heterocycles. The second-order valence-corrected chi connectivity index (χ2v) is 7.67. The molecule has 0 unspecified atom stereocenters. The zero-order valence-electron chi connectivity index (χ0n) is 17.5. The van der Waals surface area contributed by atoms with Crippen LogP contribution >= 0.6 is 0 Å². The molecule has 0 fully saturated rings. The summed E-state index contributed by atoms with van der Waals surface area (Å²) in [7, 11) is 7.19. The third-order valence-corrected chi connectivity index (χ3v) is 5.44. The lowest BCUT2D eigenvalue weighted by Gasteiger charge is -2.25. The zero-order valence-corrected chi connectivity index (χ0v) is 17.5. The molecule has 0 radical (unpaired) electrons. The van der Waals surface area contributed by atoms with Crippen LogP contribution in [0.25, 0.3) is 11.0 Å². The fourth-order valence-electron chi connectivity index (χ4n) is 3.86. The topological polar surface area (TPSA) is 73.4 Å². The van der Waals surface area contributed by atoms with E-state index in [1.165, 1.54) is 4.90 Å². The molecule has 4 rings (SSSR count). The van der Waals surface area contributed by atoms with Gasteiger partial charge in [0.05, 0.1) is 58.4 Å². The molecular formula is C23H25N2O5+. The Morgan fingerprint density at radius 3 is 2.47 bits per heavy atom. The van der Waals surface area contributed by atoms with Crippen LogP contribution < -0.4 is 19.8 Å². The van der Waals surface area contributed by atoms with Crippen LogP contribution in [0.2, 0.25) is 0 Å². The molecule has 0 saturated carbocycles. The van der Waals surface area contributed by atoms with Crippen LogP contribution in [0, 0.1) is 0 Å². The van der Waals surface area contributed by atoms with Crippen LogP contribution in [0.4, 0.5) is 0 Å². The summed E-state index contributed by atoms with van der Waals surface area (Å²) in [5, 5.41) is 0.426. The Morgan fingerprint density at radius 2 is 1.77 bits per heavy atom. The predicted molar refractivity (Wildman–Crippen MR) is 113 cm³/mol. The number of benzene rings is 2. The molecular weight excluding hydrogens is 384 g/mol. The van der Waals surface area contributed by atoms with Crippen LogP contribution in [0.3, 0.4) is 0 Å². The molecule has 1 aliphatic heterocycles. The van der Waals surface area contributed by atoms with E-state index in [0.29, 0.717) is 34.6 Å². The second-order valence-electron chi connectivity index (χ2n) is 7.67. The Balaban J connectivity index is 1.93. The summed E-state index contributed by atoms with van der Waals surface area (Å²) >= 11 is 0. The van der Waals surface area contributed by atoms with E-state index in [2.05, 4.69) is 0 Å². The van der Waals surface area contributed by atoms with Crippen molar-refractivity contribution in [3.63, 3.8) is 0 Å². The quantitative estimate of drug-likeness (QED) is 0.668. The third kappa shape index (κ3) is 3.31. The Kier molecular flexibility index (Phi) is 5.22. The van der Waals surface area contributed by atoms with Gasteiger partial charge in [0, 0.05) is 6.07 Å². The monoisotopic (exact) mass is 409 g/mol. The van der Waals surface area contributed by atoms with Gasteiger partial charge in [-0.05, 0) is 29.8 Å². The molecule has 1 N–H and O–H groups in total. The maximum atomic E-state index is 13.5. The van der Waals surface area contributed by atoms with E-state index in [0.717, 1.165) is 12.1 Å². The van der Waals surface area contributed by atoms with Crippen LogP contribution in [-0.2, 0) is 0 Å². The van der Waals surface area contributed by atoms with E-state index in [9.17, 15) is 9.59 Å². The summed E-state index contributed by atoms with van der Waals surface area (Å²) in [5.74, 6) is 1.05. The summed E-state index contributed by atoms with van der Waals surface area (Å²) in [6.07, 6.45) is 0. The van der Waals surface area contributed by atoms with Crippen molar-refractivity contribution in [1.82, 2.24) is 4.90 Å². The van der Waals surface area contributed by atoms with Crippen molar-refractivity contribution >= 4 is 16.9 Å². The van der Waals surface area contributed by atoms with E-state index in [-0.39, 0.29) is 17.1 Å². The van der Waals surface area contributed by atoms with Crippen LogP contribution in [-0.4, -0.2) is 52.2 Å². The second kappa shape index (κ2) is 7.84. The van der Waals surface area contributed by atoms with Gasteiger partial charge in [0.2, 0.25) is 5.76 Å². The minimum Gasteiger partial charge on any atom is -0.497 e. The van der Waals surface area contributed by atoms with Crippen molar-refractivity contribution in [2.45, 2.75) is 6.04 Å². The van der Waals surface area contributed by atoms with Crippen LogP contribution in [0.5, 0.6) is 11.5 Å². The number of nitrogens with one attached hydrogen (secondary N) is 1. The summed E-state index contributed by atoms with van der Waals surface area (Å²) < 4.78 is 16.6. The van der Waals surface area contributed by atoms with Gasteiger partial charge in [-0.1, -0.05) is 12.1 Å². The molecule has 1 aromatic heterocycles. The van der Waals surface area contributed by atoms with Gasteiger partial charge in [-0.3, -0.25) is 9.59 Å². The van der Waals surface area contributed by atoms with Gasteiger partial charge in [0.1, 0.15) is 17.1 Å². The lowest BCUT2D eigenvalue weighted by atomic mass is 9.98. The van der Waals surface area contributed by atoms with Gasteiger partial charge in [0.15, 0.2) is 5.43 Å². The first-order valence-corrected chi connectivity index (χ1v) is 9.83. The van der Waals surface area contributed by atoms with E-state index >= 15 is 0 Å². The molecule has 1 atom stereocenters. The zero-order chi connectivity index (χ0) is 21.4. The highest BCUT2D eigenvalue weighted by atomic mass is 16.5. The van der Waals surface area contributed by atoms with Gasteiger partial charge in [-0.2, -0.15) is 0 Å². The average Bonchev–Trinajstić information content (AvgIpc) is 3.04. The number of methoxy groups -OCH3 is 2. The lowest BCUT2D eigenvalue weighted by molar-refractivity contribution is -0.857. The highest BCUT2D eigenvalue weighted by Crippen LogP contribution is 2.39. The van der Waals surface area contributed by atoms with Crippen molar-refractivity contribution in [2.75, 3.05) is 41.4 Å². The average molecular weight is 409 g/mol. The molecule has 1 aliphatic rings. The number of amides is 1. The Morgan fingerprint density at radius 1 is 1.03 bits per heavy atom. The maximum absolute atomic E-state index is 13.5. The number of likely N-dealkylation sites (N-methyl/N-ethyl adjacent to an activating group) is 1. The number of carbonyl (C=O) groups excluding carboxylic acids is 1. The molecule has 0 spiro atoms. The normalized spacial score (nSPS) is 15.7. The van der Waals surface area contributed by atoms with E-state index in [1.807, 2.05) is 38.4 Å². The molecule has 30 heavy (non-hydrogen) atoms. The number of hydrogen-bond acceptors (Lipinski definition) is 5. The summed E-state index contributed by atoms with van der Waals surface area (Å²) in [6.45, 7) is 1.23. The number of rotatable bonds is 6. The number of nitrogens with zero attached hydrogens (tertiary/aromatic N) is 1. The third-order valence-electron chi connectivity index (χ3n) is 5.44. The molecule has 2 aromatic carbocycles. The van der Waals surface area contributed by atoms with Gasteiger partial charge in [-0.25, -0.2) is 0 Å². The summed E-state index contributed by atoms with van der Waals surface area (Å²) in [4.78, 5) is 29.7. The van der Waals surface area contributed by atoms with Crippen molar-refractivity contribution in [3.8, 4) is 11.5 Å². The van der Waals surface area contributed by atoms with Crippen LogP contribution in [0.1, 0.15) is 27.7 Å². The lowest BCUT2D eigenvalue weighted by Crippen LogP contribution is -3.06. The first-order valence-electron chi connectivity index (χ1n) is 9.83. The Hall–Kier alpha value is -3.32. The number of carbonyl (C=O) groups is 1. The first kappa shape index (κ1) is 20.0. The number of fused-ring (bicyclic) bond motifs is 2. The van der Waals surface area contributed by atoms with E-state index in [1.54, 1.807) is 37.3 Å². The molecule has 7 heteroatoms. The van der Waals surface area contributed by atoms with Crippen molar-refractivity contribution in [1.29, 1.82) is 0 Å². The van der Waals surface area contributed by atoms with E-state index < -0.39 is 6.04 Å². The highest BCUT2D eigenvalue weighted by molar-refractivity contribution is 5.99. The molecule has 3 aromatic rings. The minimum atomic E-state index is -0.523. The maximum Gasteiger partial charge on any atom is 0.291 e. The van der Waals surface area contributed by atoms with Gasteiger partial charge < -0.3 is 23.7 Å². The Labute approximate surface area is 174 Å². The smallest absolute Gasteiger partial charge is 0.291 e. The molecule has 0 bridgehead atoms. The minimum absolute atomic E-state index is 0.0994. The van der Waals surface area contributed by atoms with Gasteiger partial charge >= 0.3 is 0 Å². The molecule has 2 heterocycles. The van der Waals surface area contributed by atoms with Gasteiger partial charge in [-0.15, -0.1) is 0 Å². The fraction of sp³-hybridized carbons (Fsp3) is 0.304. The molecule has 7 nitrogen and oxygen atoms in total. The summed E-state index contributed by atoms with van der Waals surface area (Å²) in [5.41, 5.74) is 1.33. The summed E-state index contributed by atoms with van der Waals surface area (Å²) in [6, 6.07) is 12.0. The van der Waals surface area contributed by atoms with Crippen molar-refractivity contribution in [2.24, 2.45) is 0 Å². The molecule has 0 aliphatic carbocycles. The SMILES string of the molecule is COc1cccc([C@H]2c3c(oc4cc(OC)ccc4c3=O)C(=O)N2CC[NH+](C)C)c1. The predicted octanol–water partition coefficient (Wildman–Crippen LogP) is 1.50. The number of hydrogen-bond donors (Lipinski definition) is 1. The first-order chi connectivity index (χ1) is 14.4. The van der Waals surface area contributed by atoms with Gasteiger partial charge in [0.25, 0.3) is 5.91 Å². The number of ether oxygens (including phenoxy) is 2. The Bertz CT molecular complexity index is 1170.